The highest BCUT2D eigenvalue weighted by Crippen LogP contribution is 2.40. The quantitative estimate of drug-likeness (QED) is 0.674. The summed E-state index contributed by atoms with van der Waals surface area (Å²) < 4.78 is 5.84. The average molecular weight is 352 g/mol. The predicted molar refractivity (Wildman–Crippen MR) is 103 cm³/mol. The molecule has 0 saturated heterocycles. The number of nitrogens with zero attached hydrogens (tertiary/aromatic N) is 1. The normalized spacial score (nSPS) is 22.6. The minimum atomic E-state index is -0.442. The number of hydrogen-bond acceptors (Lipinski definition) is 3. The minimum absolute atomic E-state index is 0.00444. The summed E-state index contributed by atoms with van der Waals surface area (Å²) in [7, 11) is 0. The van der Waals surface area contributed by atoms with Crippen LogP contribution in [0.4, 0.5) is 4.79 Å². The molecule has 0 heterocycles. The van der Waals surface area contributed by atoms with E-state index in [0.717, 1.165) is 17.6 Å². The van der Waals surface area contributed by atoms with Crippen molar-refractivity contribution in [3.63, 3.8) is 0 Å². The van der Waals surface area contributed by atoms with Crippen molar-refractivity contribution in [2.45, 2.75) is 86.4 Å². The van der Waals surface area contributed by atoms with E-state index in [9.17, 15) is 9.90 Å². The number of hydrogen-bond donors (Lipinski definition) is 1. The second-order valence-corrected chi connectivity index (χ2v) is 8.39. The van der Waals surface area contributed by atoms with Gasteiger partial charge in [-0.3, -0.25) is 0 Å². The summed E-state index contributed by atoms with van der Waals surface area (Å²) in [6.45, 7) is 20.1. The van der Waals surface area contributed by atoms with Crippen LogP contribution in [-0.2, 0) is 4.74 Å². The highest BCUT2D eigenvalue weighted by molar-refractivity contribution is 5.69. The summed E-state index contributed by atoms with van der Waals surface area (Å²) in [5.41, 5.74) is 2.08. The molecule has 1 aliphatic rings. The molecule has 0 aromatic rings. The molecule has 0 radical (unpaired) electrons. The highest BCUT2D eigenvalue weighted by Gasteiger charge is 2.35. The van der Waals surface area contributed by atoms with Gasteiger partial charge in [0.05, 0.1) is 6.10 Å². The molecule has 1 rings (SSSR count). The monoisotopic (exact) mass is 351 g/mol. The van der Waals surface area contributed by atoms with Crippen molar-refractivity contribution in [3.05, 3.63) is 23.5 Å². The standard InChI is InChI=1S/C21H37NO3/c1-12(2)17-10-18(20(23)13(3)4)16(9)19(11-17)25-21(24)22(14(5)6)15(7)8/h13-15,17-18,20,23H,1,10-11H2,2-9H3/t17-,18+,20-/m1/s1. The number of carbonyl (C=O) groups is 1. The van der Waals surface area contributed by atoms with Gasteiger partial charge in [-0.1, -0.05) is 26.0 Å². The van der Waals surface area contributed by atoms with Gasteiger partial charge in [0.25, 0.3) is 0 Å². The van der Waals surface area contributed by atoms with Crippen molar-refractivity contribution < 1.29 is 14.6 Å². The molecule has 4 heteroatoms. The number of amides is 1. The Morgan fingerprint density at radius 2 is 1.72 bits per heavy atom. The van der Waals surface area contributed by atoms with Crippen LogP contribution in [0.3, 0.4) is 0 Å². The van der Waals surface area contributed by atoms with Crippen LogP contribution in [0.5, 0.6) is 0 Å². The van der Waals surface area contributed by atoms with Crippen LogP contribution in [0.1, 0.15) is 68.2 Å². The Morgan fingerprint density at radius 3 is 2.12 bits per heavy atom. The fraction of sp³-hybridized carbons (Fsp3) is 0.762. The van der Waals surface area contributed by atoms with Gasteiger partial charge in [-0.15, -0.1) is 0 Å². The first kappa shape index (κ1) is 21.8. The molecule has 0 spiro atoms. The summed E-state index contributed by atoms with van der Waals surface area (Å²) in [6.07, 6.45) is 0.791. The van der Waals surface area contributed by atoms with Gasteiger partial charge in [0.1, 0.15) is 5.76 Å². The van der Waals surface area contributed by atoms with Crippen LogP contribution in [0.15, 0.2) is 23.5 Å². The van der Waals surface area contributed by atoms with E-state index >= 15 is 0 Å². The van der Waals surface area contributed by atoms with Gasteiger partial charge < -0.3 is 14.7 Å². The Balaban J connectivity index is 3.13. The van der Waals surface area contributed by atoms with Gasteiger partial charge in [-0.05, 0) is 65.4 Å². The molecule has 0 aliphatic heterocycles. The number of rotatable bonds is 6. The topological polar surface area (TPSA) is 49.8 Å². The summed E-state index contributed by atoms with van der Waals surface area (Å²) in [5.74, 6) is 1.10. The molecule has 144 valence electrons. The molecule has 3 atom stereocenters. The van der Waals surface area contributed by atoms with Crippen molar-refractivity contribution >= 4 is 6.09 Å². The minimum Gasteiger partial charge on any atom is -0.415 e. The van der Waals surface area contributed by atoms with E-state index in [-0.39, 0.29) is 35.9 Å². The van der Waals surface area contributed by atoms with E-state index in [4.69, 9.17) is 4.74 Å². The predicted octanol–water partition coefficient (Wildman–Crippen LogP) is 5.14. The van der Waals surface area contributed by atoms with Gasteiger partial charge in [0, 0.05) is 24.4 Å². The lowest BCUT2D eigenvalue weighted by atomic mass is 9.73. The number of ether oxygens (including phenoxy) is 1. The van der Waals surface area contributed by atoms with Crippen molar-refractivity contribution in [1.82, 2.24) is 4.90 Å². The molecule has 0 saturated carbocycles. The van der Waals surface area contributed by atoms with Gasteiger partial charge in [0.15, 0.2) is 0 Å². The molecule has 25 heavy (non-hydrogen) atoms. The molecule has 0 unspecified atom stereocenters. The van der Waals surface area contributed by atoms with Crippen LogP contribution in [0, 0.1) is 17.8 Å². The Kier molecular flexibility index (Phi) is 7.73. The number of aliphatic hydroxyl groups is 1. The van der Waals surface area contributed by atoms with Gasteiger partial charge in [0.2, 0.25) is 0 Å². The molecule has 0 bridgehead atoms. The molecular formula is C21H37NO3. The first-order valence-corrected chi connectivity index (χ1v) is 9.50. The van der Waals surface area contributed by atoms with E-state index in [1.54, 1.807) is 4.90 Å². The highest BCUT2D eigenvalue weighted by atomic mass is 16.6. The molecule has 1 N–H and O–H groups in total. The third kappa shape index (κ3) is 5.34. The summed E-state index contributed by atoms with van der Waals surface area (Å²) in [6, 6.07) is 0.150. The molecule has 0 aromatic heterocycles. The second kappa shape index (κ2) is 8.88. The first-order valence-electron chi connectivity index (χ1n) is 9.50. The number of allylic oxidation sites excluding steroid dienone is 2. The van der Waals surface area contributed by atoms with Crippen LogP contribution in [0.25, 0.3) is 0 Å². The zero-order chi connectivity index (χ0) is 19.5. The largest absolute Gasteiger partial charge is 0.415 e. The smallest absolute Gasteiger partial charge is 0.415 e. The van der Waals surface area contributed by atoms with E-state index in [2.05, 4.69) is 6.58 Å². The lowest BCUT2D eigenvalue weighted by molar-refractivity contribution is 0.0550. The molecule has 1 amide bonds. The average Bonchev–Trinajstić information content (AvgIpc) is 2.47. The lowest BCUT2D eigenvalue weighted by Gasteiger charge is -2.37. The van der Waals surface area contributed by atoms with Crippen molar-refractivity contribution in [2.24, 2.45) is 17.8 Å². The molecule has 1 aliphatic carbocycles. The molecule has 0 fully saturated rings. The third-order valence-corrected chi connectivity index (χ3v) is 5.29. The maximum absolute atomic E-state index is 12.7. The van der Waals surface area contributed by atoms with Crippen molar-refractivity contribution in [2.75, 3.05) is 0 Å². The lowest BCUT2D eigenvalue weighted by Crippen LogP contribution is -2.43. The van der Waals surface area contributed by atoms with E-state index < -0.39 is 6.10 Å². The SMILES string of the molecule is C=C(C)[C@H]1CC(OC(=O)N(C(C)C)C(C)C)=C(C)[C@@H]([C@H](O)C(C)C)C1. The Bertz CT molecular complexity index is 511. The van der Waals surface area contributed by atoms with Crippen LogP contribution in [0.2, 0.25) is 0 Å². The molecule has 0 aromatic carbocycles. The summed E-state index contributed by atoms with van der Waals surface area (Å²) in [5, 5.41) is 10.6. The van der Waals surface area contributed by atoms with E-state index in [0.29, 0.717) is 12.2 Å². The Morgan fingerprint density at radius 1 is 1.20 bits per heavy atom. The second-order valence-electron chi connectivity index (χ2n) is 8.39. The zero-order valence-corrected chi connectivity index (χ0v) is 17.3. The maximum atomic E-state index is 12.7. The van der Waals surface area contributed by atoms with E-state index in [1.807, 2.05) is 55.4 Å². The van der Waals surface area contributed by atoms with Crippen molar-refractivity contribution in [3.8, 4) is 0 Å². The summed E-state index contributed by atoms with van der Waals surface area (Å²) >= 11 is 0. The zero-order valence-electron chi connectivity index (χ0n) is 17.3. The number of carbonyl (C=O) groups excluding carboxylic acids is 1. The number of aliphatic hydroxyl groups excluding tert-OH is 1. The Labute approximate surface area is 153 Å². The summed E-state index contributed by atoms with van der Waals surface area (Å²) in [4.78, 5) is 14.5. The van der Waals surface area contributed by atoms with E-state index in [1.165, 1.54) is 0 Å². The molecular weight excluding hydrogens is 314 g/mol. The third-order valence-electron chi connectivity index (χ3n) is 5.29. The fourth-order valence-corrected chi connectivity index (χ4v) is 3.69. The van der Waals surface area contributed by atoms with Gasteiger partial charge >= 0.3 is 6.09 Å². The van der Waals surface area contributed by atoms with Gasteiger partial charge in [-0.25, -0.2) is 4.79 Å². The van der Waals surface area contributed by atoms with Gasteiger partial charge in [-0.2, -0.15) is 0 Å². The maximum Gasteiger partial charge on any atom is 0.415 e. The van der Waals surface area contributed by atoms with Crippen LogP contribution in [-0.4, -0.2) is 34.3 Å². The molecule has 4 nitrogen and oxygen atoms in total. The fourth-order valence-electron chi connectivity index (χ4n) is 3.69. The van der Waals surface area contributed by atoms with Crippen LogP contribution >= 0.6 is 0 Å². The van der Waals surface area contributed by atoms with Crippen molar-refractivity contribution in [1.29, 1.82) is 0 Å². The first-order chi connectivity index (χ1) is 11.5. The Hall–Kier alpha value is -1.29. The van der Waals surface area contributed by atoms with Crippen LogP contribution < -0.4 is 0 Å².